The second kappa shape index (κ2) is 4.07. The summed E-state index contributed by atoms with van der Waals surface area (Å²) in [5.41, 5.74) is 2.53. The van der Waals surface area contributed by atoms with E-state index in [4.69, 9.17) is 0 Å². The molecule has 3 aliphatic rings. The second-order valence-corrected chi connectivity index (χ2v) is 6.29. The van der Waals surface area contributed by atoms with Gasteiger partial charge in [0.25, 0.3) is 0 Å². The molecule has 2 unspecified atom stereocenters. The number of aliphatic hydroxyl groups is 1. The molecular formula is C16H21NO. The lowest BCUT2D eigenvalue weighted by Gasteiger charge is -2.31. The Kier molecular flexibility index (Phi) is 2.49. The molecule has 0 heterocycles. The zero-order valence-electron chi connectivity index (χ0n) is 10.8. The van der Waals surface area contributed by atoms with Crippen molar-refractivity contribution in [3.63, 3.8) is 0 Å². The molecule has 18 heavy (non-hydrogen) atoms. The fourth-order valence-corrected chi connectivity index (χ4v) is 3.41. The van der Waals surface area contributed by atoms with E-state index >= 15 is 0 Å². The summed E-state index contributed by atoms with van der Waals surface area (Å²) < 4.78 is 0. The SMILES string of the molecule is OC1c2ccccc2CC1N(CC1CC1)C1CC1. The Morgan fingerprint density at radius 2 is 1.89 bits per heavy atom. The van der Waals surface area contributed by atoms with Gasteiger partial charge in [0.2, 0.25) is 0 Å². The van der Waals surface area contributed by atoms with E-state index in [0.29, 0.717) is 6.04 Å². The fraction of sp³-hybridized carbons (Fsp3) is 0.625. The van der Waals surface area contributed by atoms with Crippen LogP contribution in [0.25, 0.3) is 0 Å². The van der Waals surface area contributed by atoms with Gasteiger partial charge in [-0.3, -0.25) is 4.90 Å². The van der Waals surface area contributed by atoms with Gasteiger partial charge in [-0.15, -0.1) is 0 Å². The molecule has 1 aromatic carbocycles. The van der Waals surface area contributed by atoms with Crippen LogP contribution in [-0.4, -0.2) is 28.6 Å². The van der Waals surface area contributed by atoms with Gasteiger partial charge in [0.05, 0.1) is 6.10 Å². The summed E-state index contributed by atoms with van der Waals surface area (Å²) in [7, 11) is 0. The molecule has 2 fully saturated rings. The van der Waals surface area contributed by atoms with Crippen molar-refractivity contribution >= 4 is 0 Å². The molecule has 0 amide bonds. The van der Waals surface area contributed by atoms with Crippen LogP contribution in [0.15, 0.2) is 24.3 Å². The van der Waals surface area contributed by atoms with Gasteiger partial charge in [-0.2, -0.15) is 0 Å². The van der Waals surface area contributed by atoms with Gasteiger partial charge >= 0.3 is 0 Å². The molecule has 0 aromatic heterocycles. The van der Waals surface area contributed by atoms with Gasteiger partial charge in [-0.1, -0.05) is 24.3 Å². The summed E-state index contributed by atoms with van der Waals surface area (Å²) in [6, 6.07) is 9.53. The first-order chi connectivity index (χ1) is 8.83. The minimum atomic E-state index is -0.263. The third-order valence-electron chi connectivity index (χ3n) is 4.78. The number of hydrogen-bond acceptors (Lipinski definition) is 2. The minimum absolute atomic E-state index is 0.263. The van der Waals surface area contributed by atoms with E-state index in [1.54, 1.807) is 0 Å². The predicted molar refractivity (Wildman–Crippen MR) is 71.3 cm³/mol. The third kappa shape index (κ3) is 1.88. The molecule has 96 valence electrons. The zero-order chi connectivity index (χ0) is 12.1. The zero-order valence-corrected chi connectivity index (χ0v) is 10.8. The number of fused-ring (bicyclic) bond motifs is 1. The predicted octanol–water partition coefficient (Wildman–Crippen LogP) is 2.52. The molecule has 2 saturated carbocycles. The Bertz CT molecular complexity index is 450. The van der Waals surface area contributed by atoms with Crippen LogP contribution in [0.1, 0.15) is 42.9 Å². The van der Waals surface area contributed by atoms with Crippen LogP contribution in [0.4, 0.5) is 0 Å². The monoisotopic (exact) mass is 243 g/mol. The fourth-order valence-electron chi connectivity index (χ4n) is 3.41. The highest BCUT2D eigenvalue weighted by molar-refractivity contribution is 5.36. The van der Waals surface area contributed by atoms with Crippen LogP contribution in [0.3, 0.4) is 0 Å². The first kappa shape index (κ1) is 11.0. The molecule has 0 spiro atoms. The van der Waals surface area contributed by atoms with Crippen molar-refractivity contribution in [3.8, 4) is 0 Å². The lowest BCUT2D eigenvalue weighted by molar-refractivity contribution is 0.0525. The number of nitrogens with zero attached hydrogens (tertiary/aromatic N) is 1. The largest absolute Gasteiger partial charge is 0.387 e. The van der Waals surface area contributed by atoms with E-state index < -0.39 is 0 Å². The molecule has 0 bridgehead atoms. The topological polar surface area (TPSA) is 23.5 Å². The molecule has 2 heteroatoms. The van der Waals surface area contributed by atoms with Gasteiger partial charge < -0.3 is 5.11 Å². The maximum absolute atomic E-state index is 10.6. The van der Waals surface area contributed by atoms with Gasteiger partial charge in [-0.25, -0.2) is 0 Å². The van der Waals surface area contributed by atoms with E-state index in [2.05, 4.69) is 23.1 Å². The molecule has 1 N–H and O–H groups in total. The van der Waals surface area contributed by atoms with Gasteiger partial charge in [0, 0.05) is 18.6 Å². The molecular weight excluding hydrogens is 222 g/mol. The molecule has 2 atom stereocenters. The van der Waals surface area contributed by atoms with E-state index in [9.17, 15) is 5.11 Å². The smallest absolute Gasteiger partial charge is 0.0951 e. The summed E-state index contributed by atoms with van der Waals surface area (Å²) in [6.07, 6.45) is 6.26. The Labute approximate surface area is 109 Å². The van der Waals surface area contributed by atoms with E-state index in [1.807, 2.05) is 6.07 Å². The van der Waals surface area contributed by atoms with Gasteiger partial charge in [-0.05, 0) is 49.1 Å². The highest BCUT2D eigenvalue weighted by Crippen LogP contribution is 2.42. The summed E-state index contributed by atoms with van der Waals surface area (Å²) in [5.74, 6) is 0.918. The number of benzene rings is 1. The van der Waals surface area contributed by atoms with Crippen LogP contribution in [0.2, 0.25) is 0 Å². The average Bonchev–Trinajstić information content (AvgIpc) is 3.26. The number of rotatable bonds is 4. The van der Waals surface area contributed by atoms with E-state index in [-0.39, 0.29) is 6.10 Å². The molecule has 3 aliphatic carbocycles. The Hall–Kier alpha value is -0.860. The lowest BCUT2D eigenvalue weighted by Crippen LogP contribution is -2.41. The van der Waals surface area contributed by atoms with Crippen LogP contribution in [0.5, 0.6) is 0 Å². The molecule has 0 radical (unpaired) electrons. The highest BCUT2D eigenvalue weighted by atomic mass is 16.3. The van der Waals surface area contributed by atoms with Crippen LogP contribution < -0.4 is 0 Å². The molecule has 0 aliphatic heterocycles. The minimum Gasteiger partial charge on any atom is -0.387 e. The Morgan fingerprint density at radius 3 is 2.56 bits per heavy atom. The second-order valence-electron chi connectivity index (χ2n) is 6.29. The van der Waals surface area contributed by atoms with Crippen LogP contribution in [-0.2, 0) is 6.42 Å². The third-order valence-corrected chi connectivity index (χ3v) is 4.78. The summed E-state index contributed by atoms with van der Waals surface area (Å²) in [6.45, 7) is 1.22. The number of aliphatic hydroxyl groups excluding tert-OH is 1. The van der Waals surface area contributed by atoms with Crippen molar-refractivity contribution in [1.29, 1.82) is 0 Å². The van der Waals surface area contributed by atoms with Gasteiger partial charge in [0.1, 0.15) is 0 Å². The lowest BCUT2D eigenvalue weighted by atomic mass is 10.1. The van der Waals surface area contributed by atoms with Crippen LogP contribution in [0, 0.1) is 5.92 Å². The maximum atomic E-state index is 10.6. The van der Waals surface area contributed by atoms with Crippen molar-refractivity contribution in [2.24, 2.45) is 5.92 Å². The summed E-state index contributed by atoms with van der Waals surface area (Å²) >= 11 is 0. The normalized spacial score (nSPS) is 30.8. The van der Waals surface area contributed by atoms with Crippen molar-refractivity contribution in [3.05, 3.63) is 35.4 Å². The standard InChI is InChI=1S/C16H21NO/c18-16-14-4-2-1-3-12(14)9-15(16)17(13-7-8-13)10-11-5-6-11/h1-4,11,13,15-16,18H,5-10H2. The average molecular weight is 243 g/mol. The first-order valence-corrected chi connectivity index (χ1v) is 7.34. The van der Waals surface area contributed by atoms with Crippen molar-refractivity contribution in [2.75, 3.05) is 6.54 Å². The van der Waals surface area contributed by atoms with Crippen molar-refractivity contribution in [2.45, 2.75) is 50.3 Å². The van der Waals surface area contributed by atoms with Gasteiger partial charge in [0.15, 0.2) is 0 Å². The summed E-state index contributed by atoms with van der Waals surface area (Å²) in [5, 5.41) is 10.6. The van der Waals surface area contributed by atoms with E-state index in [0.717, 1.165) is 18.4 Å². The number of hydrogen-bond donors (Lipinski definition) is 1. The quantitative estimate of drug-likeness (QED) is 0.878. The Morgan fingerprint density at radius 1 is 1.11 bits per heavy atom. The van der Waals surface area contributed by atoms with Crippen molar-refractivity contribution < 1.29 is 5.11 Å². The Balaban J connectivity index is 1.57. The van der Waals surface area contributed by atoms with Crippen LogP contribution >= 0.6 is 0 Å². The maximum Gasteiger partial charge on any atom is 0.0951 e. The molecule has 1 aromatic rings. The van der Waals surface area contributed by atoms with E-state index in [1.165, 1.54) is 43.4 Å². The molecule has 0 saturated heterocycles. The molecule has 4 rings (SSSR count). The molecule has 2 nitrogen and oxygen atoms in total. The first-order valence-electron chi connectivity index (χ1n) is 7.34. The summed E-state index contributed by atoms with van der Waals surface area (Å²) in [4.78, 5) is 2.63. The van der Waals surface area contributed by atoms with Crippen molar-refractivity contribution in [1.82, 2.24) is 4.90 Å². The highest BCUT2D eigenvalue weighted by Gasteiger charge is 2.43.